The van der Waals surface area contributed by atoms with Crippen molar-refractivity contribution in [3.63, 3.8) is 0 Å². The minimum absolute atomic E-state index is 0.182. The normalized spacial score (nSPS) is 11.5. The number of halogens is 2. The molecule has 1 atom stereocenters. The second-order valence-electron chi connectivity index (χ2n) is 8.21. The summed E-state index contributed by atoms with van der Waals surface area (Å²) in [6, 6.07) is 23.1. The molecule has 0 spiro atoms. The summed E-state index contributed by atoms with van der Waals surface area (Å²) in [6.07, 6.45) is 2.19. The summed E-state index contributed by atoms with van der Waals surface area (Å²) < 4.78 is 5.74. The van der Waals surface area contributed by atoms with Crippen molar-refractivity contribution in [2.24, 2.45) is 0 Å². The highest BCUT2D eigenvalue weighted by atomic mass is 35.5. The molecule has 3 aromatic rings. The third-order valence-electron chi connectivity index (χ3n) is 5.58. The minimum Gasteiger partial charge on any atom is -0.484 e. The van der Waals surface area contributed by atoms with Crippen LogP contribution in [0.2, 0.25) is 10.0 Å². The van der Waals surface area contributed by atoms with Crippen LogP contribution in [0.5, 0.6) is 5.75 Å². The summed E-state index contributed by atoms with van der Waals surface area (Å²) in [4.78, 5) is 28.4. The van der Waals surface area contributed by atoms with Gasteiger partial charge in [0.25, 0.3) is 5.91 Å². The predicted octanol–water partition coefficient (Wildman–Crippen LogP) is 5.93. The molecular weight excluding hydrogens is 483 g/mol. The van der Waals surface area contributed by atoms with Crippen molar-refractivity contribution < 1.29 is 14.3 Å². The molecule has 35 heavy (non-hydrogen) atoms. The Hall–Kier alpha value is -3.02. The van der Waals surface area contributed by atoms with Crippen LogP contribution < -0.4 is 10.1 Å². The van der Waals surface area contributed by atoms with Gasteiger partial charge < -0.3 is 15.0 Å². The van der Waals surface area contributed by atoms with Gasteiger partial charge in [-0.25, -0.2) is 0 Å². The summed E-state index contributed by atoms with van der Waals surface area (Å²) in [5.74, 6) is 0.00749. The molecule has 184 valence electrons. The number of hydrogen-bond acceptors (Lipinski definition) is 3. The topological polar surface area (TPSA) is 58.6 Å². The smallest absolute Gasteiger partial charge is 0.261 e. The number of carbonyl (C=O) groups is 2. The van der Waals surface area contributed by atoms with Gasteiger partial charge in [0.2, 0.25) is 5.91 Å². The maximum Gasteiger partial charge on any atom is 0.261 e. The number of hydrogen-bond donors (Lipinski definition) is 1. The van der Waals surface area contributed by atoms with E-state index in [9.17, 15) is 9.59 Å². The Balaban J connectivity index is 1.88. The number of unbranched alkanes of at least 4 members (excludes halogenated alkanes) is 1. The van der Waals surface area contributed by atoms with Gasteiger partial charge in [0.1, 0.15) is 11.8 Å². The highest BCUT2D eigenvalue weighted by Gasteiger charge is 2.31. The lowest BCUT2D eigenvalue weighted by atomic mass is 10.0. The van der Waals surface area contributed by atoms with E-state index in [0.29, 0.717) is 28.8 Å². The van der Waals surface area contributed by atoms with Gasteiger partial charge in [-0.2, -0.15) is 0 Å². The maximum atomic E-state index is 13.5. The van der Waals surface area contributed by atoms with Crippen LogP contribution in [0.1, 0.15) is 30.9 Å². The fourth-order valence-electron chi connectivity index (χ4n) is 3.63. The second kappa shape index (κ2) is 13.8. The summed E-state index contributed by atoms with van der Waals surface area (Å²) in [7, 11) is 0. The monoisotopic (exact) mass is 512 g/mol. The molecule has 0 aliphatic carbocycles. The molecule has 0 aromatic heterocycles. The van der Waals surface area contributed by atoms with Gasteiger partial charge in [-0.1, -0.05) is 85.1 Å². The Labute approximate surface area is 217 Å². The first-order valence-electron chi connectivity index (χ1n) is 11.7. The molecule has 5 nitrogen and oxygen atoms in total. The summed E-state index contributed by atoms with van der Waals surface area (Å²) in [6.45, 7) is 2.58. The molecule has 2 amide bonds. The SMILES string of the molecule is CCCCNC(=O)C(Cc1ccccc1)N(Cc1ccccc1Cl)C(=O)COc1ccc(Cl)cc1. The number of amides is 2. The van der Waals surface area contributed by atoms with Gasteiger partial charge in [0.05, 0.1) is 0 Å². The highest BCUT2D eigenvalue weighted by molar-refractivity contribution is 6.31. The van der Waals surface area contributed by atoms with Crippen LogP contribution in [-0.2, 0) is 22.6 Å². The zero-order valence-electron chi connectivity index (χ0n) is 19.8. The van der Waals surface area contributed by atoms with E-state index in [1.54, 1.807) is 35.2 Å². The Morgan fingerprint density at radius 2 is 1.63 bits per heavy atom. The van der Waals surface area contributed by atoms with Gasteiger partial charge in [-0.05, 0) is 47.9 Å². The molecule has 0 saturated heterocycles. The highest BCUT2D eigenvalue weighted by Crippen LogP contribution is 2.21. The number of nitrogens with zero attached hydrogens (tertiary/aromatic N) is 1. The zero-order chi connectivity index (χ0) is 25.0. The van der Waals surface area contributed by atoms with Crippen LogP contribution in [0.25, 0.3) is 0 Å². The molecule has 0 aliphatic heterocycles. The first-order valence-corrected chi connectivity index (χ1v) is 12.5. The molecular formula is C28H30Cl2N2O3. The molecule has 3 rings (SSSR count). The van der Waals surface area contributed by atoms with E-state index >= 15 is 0 Å². The van der Waals surface area contributed by atoms with E-state index in [1.807, 2.05) is 48.5 Å². The summed E-state index contributed by atoms with van der Waals surface area (Å²) >= 11 is 12.4. The fraction of sp³-hybridized carbons (Fsp3) is 0.286. The van der Waals surface area contributed by atoms with Crippen molar-refractivity contribution >= 4 is 35.0 Å². The molecule has 0 radical (unpaired) electrons. The third-order valence-corrected chi connectivity index (χ3v) is 6.20. The van der Waals surface area contributed by atoms with Crippen LogP contribution in [0, 0.1) is 0 Å². The molecule has 0 bridgehead atoms. The Morgan fingerprint density at radius 1 is 0.943 bits per heavy atom. The van der Waals surface area contributed by atoms with Crippen LogP contribution in [-0.4, -0.2) is 35.9 Å². The number of rotatable bonds is 12. The molecule has 3 aromatic carbocycles. The Bertz CT molecular complexity index is 1090. The van der Waals surface area contributed by atoms with Crippen LogP contribution in [0.4, 0.5) is 0 Å². The average Bonchev–Trinajstić information content (AvgIpc) is 2.87. The van der Waals surface area contributed by atoms with Crippen molar-refractivity contribution in [3.8, 4) is 5.75 Å². The fourth-order valence-corrected chi connectivity index (χ4v) is 3.95. The van der Waals surface area contributed by atoms with E-state index in [-0.39, 0.29) is 25.0 Å². The lowest BCUT2D eigenvalue weighted by molar-refractivity contribution is -0.142. The van der Waals surface area contributed by atoms with Gasteiger partial charge in [-0.3, -0.25) is 9.59 Å². The lowest BCUT2D eigenvalue weighted by Crippen LogP contribution is -2.51. The van der Waals surface area contributed by atoms with Crippen LogP contribution in [0.3, 0.4) is 0 Å². The molecule has 7 heteroatoms. The van der Waals surface area contributed by atoms with E-state index in [1.165, 1.54) is 0 Å². The van der Waals surface area contributed by atoms with Crippen molar-refractivity contribution in [1.29, 1.82) is 0 Å². The summed E-state index contributed by atoms with van der Waals surface area (Å²) in [5, 5.41) is 4.11. The quantitative estimate of drug-likeness (QED) is 0.306. The molecule has 1 unspecified atom stereocenters. The minimum atomic E-state index is -0.730. The predicted molar refractivity (Wildman–Crippen MR) is 141 cm³/mol. The zero-order valence-corrected chi connectivity index (χ0v) is 21.3. The number of nitrogens with one attached hydrogen (secondary N) is 1. The van der Waals surface area contributed by atoms with Crippen LogP contribution >= 0.6 is 23.2 Å². The van der Waals surface area contributed by atoms with E-state index < -0.39 is 6.04 Å². The van der Waals surface area contributed by atoms with Gasteiger partial charge in [0, 0.05) is 29.6 Å². The van der Waals surface area contributed by atoms with E-state index in [2.05, 4.69) is 12.2 Å². The van der Waals surface area contributed by atoms with Gasteiger partial charge in [-0.15, -0.1) is 0 Å². The van der Waals surface area contributed by atoms with Gasteiger partial charge >= 0.3 is 0 Å². The standard InChI is InChI=1S/C28H30Cl2N2O3/c1-2-3-17-31-28(34)26(18-21-9-5-4-6-10-21)32(19-22-11-7-8-12-25(22)30)27(33)20-35-24-15-13-23(29)14-16-24/h4-16,26H,2-3,17-20H2,1H3,(H,31,34). The van der Waals surface area contributed by atoms with Crippen molar-refractivity contribution in [2.45, 2.75) is 38.8 Å². The van der Waals surface area contributed by atoms with Gasteiger partial charge in [0.15, 0.2) is 6.61 Å². The third kappa shape index (κ3) is 8.30. The first-order chi connectivity index (χ1) is 17.0. The van der Waals surface area contributed by atoms with Crippen molar-refractivity contribution in [2.75, 3.05) is 13.2 Å². The molecule has 0 saturated carbocycles. The maximum absolute atomic E-state index is 13.5. The average molecular weight is 513 g/mol. The van der Waals surface area contributed by atoms with Crippen LogP contribution in [0.15, 0.2) is 78.9 Å². The van der Waals surface area contributed by atoms with Crippen molar-refractivity contribution in [3.05, 3.63) is 100 Å². The summed E-state index contributed by atoms with van der Waals surface area (Å²) in [5.41, 5.74) is 1.71. The first kappa shape index (κ1) is 26.6. The second-order valence-corrected chi connectivity index (χ2v) is 9.05. The Morgan fingerprint density at radius 3 is 2.31 bits per heavy atom. The number of carbonyl (C=O) groups excluding carboxylic acids is 2. The molecule has 0 heterocycles. The largest absolute Gasteiger partial charge is 0.484 e. The van der Waals surface area contributed by atoms with E-state index in [4.69, 9.17) is 27.9 Å². The van der Waals surface area contributed by atoms with E-state index in [0.717, 1.165) is 24.0 Å². The molecule has 0 fully saturated rings. The molecule has 0 aliphatic rings. The lowest BCUT2D eigenvalue weighted by Gasteiger charge is -2.31. The van der Waals surface area contributed by atoms with Crippen molar-refractivity contribution in [1.82, 2.24) is 10.2 Å². The number of benzene rings is 3. The molecule has 1 N–H and O–H groups in total. The number of ether oxygens (including phenoxy) is 1. The Kier molecular flexibility index (Phi) is 10.5.